The van der Waals surface area contributed by atoms with Gasteiger partial charge in [-0.2, -0.15) is 4.73 Å². The summed E-state index contributed by atoms with van der Waals surface area (Å²) < 4.78 is 1.55. The lowest BCUT2D eigenvalue weighted by Gasteiger charge is -2.14. The summed E-state index contributed by atoms with van der Waals surface area (Å²) >= 11 is 0. The van der Waals surface area contributed by atoms with Crippen molar-refractivity contribution in [1.82, 2.24) is 10.0 Å². The molecular formula is C11H15N3O2. The topological polar surface area (TPSA) is 69.3 Å². The molecule has 1 amide bonds. The number of nitrogens with two attached hydrogens (primary N) is 1. The van der Waals surface area contributed by atoms with Gasteiger partial charge in [-0.3, -0.25) is 4.79 Å². The van der Waals surface area contributed by atoms with Crippen LogP contribution in [-0.2, 0) is 6.54 Å². The molecule has 0 saturated heterocycles. The smallest absolute Gasteiger partial charge is 0.269 e. The van der Waals surface area contributed by atoms with Crippen LogP contribution < -0.4 is 15.9 Å². The maximum atomic E-state index is 11.4. The van der Waals surface area contributed by atoms with Gasteiger partial charge in [0.2, 0.25) is 0 Å². The van der Waals surface area contributed by atoms with Crippen LogP contribution >= 0.6 is 0 Å². The molecule has 0 aromatic carbocycles. The van der Waals surface area contributed by atoms with E-state index in [0.29, 0.717) is 18.8 Å². The van der Waals surface area contributed by atoms with Crippen molar-refractivity contribution < 1.29 is 9.63 Å². The highest BCUT2D eigenvalue weighted by molar-refractivity contribution is 5.94. The molecule has 0 fully saturated rings. The van der Waals surface area contributed by atoms with Crippen LogP contribution in [0, 0.1) is 6.92 Å². The quantitative estimate of drug-likeness (QED) is 0.777. The highest BCUT2D eigenvalue weighted by Crippen LogP contribution is 2.24. The number of hydrogen-bond donors (Lipinski definition) is 2. The van der Waals surface area contributed by atoms with Gasteiger partial charge in [-0.1, -0.05) is 0 Å². The van der Waals surface area contributed by atoms with Crippen molar-refractivity contribution in [2.24, 2.45) is 5.73 Å². The van der Waals surface area contributed by atoms with Crippen LogP contribution in [0.2, 0.25) is 0 Å². The summed E-state index contributed by atoms with van der Waals surface area (Å²) in [5.74, 6) is -0.464. The molecular weight excluding hydrogens is 206 g/mol. The summed E-state index contributed by atoms with van der Waals surface area (Å²) in [6.45, 7) is 4.88. The molecule has 0 spiro atoms. The van der Waals surface area contributed by atoms with E-state index >= 15 is 0 Å². The predicted octanol–water partition coefficient (Wildman–Crippen LogP) is 0.418. The molecule has 0 atom stereocenters. The average Bonchev–Trinajstić information content (AvgIpc) is 2.54. The minimum Gasteiger partial charge on any atom is -0.414 e. The number of carbonyl (C=O) groups excluding carboxylic acids is 1. The minimum atomic E-state index is -0.464. The van der Waals surface area contributed by atoms with E-state index in [0.717, 1.165) is 16.8 Å². The summed E-state index contributed by atoms with van der Waals surface area (Å²) in [6, 6.07) is 0. The number of hydrogen-bond acceptors (Lipinski definition) is 3. The van der Waals surface area contributed by atoms with Gasteiger partial charge >= 0.3 is 0 Å². The van der Waals surface area contributed by atoms with E-state index in [2.05, 4.69) is 5.32 Å². The number of aromatic nitrogens is 1. The molecule has 0 bridgehead atoms. The van der Waals surface area contributed by atoms with Crippen molar-refractivity contribution in [3.05, 3.63) is 28.7 Å². The third-order valence-electron chi connectivity index (χ3n) is 2.65. The van der Waals surface area contributed by atoms with Crippen molar-refractivity contribution in [3.8, 4) is 0 Å². The van der Waals surface area contributed by atoms with Gasteiger partial charge in [0, 0.05) is 5.56 Å². The molecule has 0 aliphatic carbocycles. The second-order valence-corrected chi connectivity index (χ2v) is 3.62. The summed E-state index contributed by atoms with van der Waals surface area (Å²) in [5.41, 5.74) is 8.63. The number of fused-ring (bicyclic) bond motifs is 1. The Bertz CT molecular complexity index is 460. The van der Waals surface area contributed by atoms with Crippen LogP contribution in [0.3, 0.4) is 0 Å². The molecule has 1 aromatic rings. The number of carbonyl (C=O) groups is 1. The van der Waals surface area contributed by atoms with E-state index in [9.17, 15) is 4.79 Å². The van der Waals surface area contributed by atoms with Crippen molar-refractivity contribution in [1.29, 1.82) is 0 Å². The molecule has 0 unspecified atom stereocenters. The second-order valence-electron chi connectivity index (χ2n) is 3.62. The zero-order chi connectivity index (χ0) is 11.7. The summed E-state index contributed by atoms with van der Waals surface area (Å²) in [7, 11) is 0. The Morgan fingerprint density at radius 1 is 1.69 bits per heavy atom. The molecule has 0 radical (unpaired) electrons. The van der Waals surface area contributed by atoms with Crippen LogP contribution in [0.1, 0.15) is 34.2 Å². The highest BCUT2D eigenvalue weighted by Gasteiger charge is 2.24. The molecule has 16 heavy (non-hydrogen) atoms. The molecule has 2 rings (SSSR count). The van der Waals surface area contributed by atoms with Gasteiger partial charge in [-0.05, 0) is 31.7 Å². The Kier molecular flexibility index (Phi) is 2.60. The Hall–Kier alpha value is -1.91. The van der Waals surface area contributed by atoms with Crippen LogP contribution in [0.15, 0.2) is 6.20 Å². The Labute approximate surface area is 93.8 Å². The van der Waals surface area contributed by atoms with Gasteiger partial charge in [0.25, 0.3) is 5.91 Å². The third kappa shape index (κ3) is 1.44. The van der Waals surface area contributed by atoms with Crippen molar-refractivity contribution in [3.63, 3.8) is 0 Å². The minimum absolute atomic E-state index is 0.431. The van der Waals surface area contributed by atoms with Gasteiger partial charge in [0.15, 0.2) is 0 Å². The Balaban J connectivity index is 2.63. The van der Waals surface area contributed by atoms with Crippen molar-refractivity contribution in [2.75, 3.05) is 6.61 Å². The first kappa shape index (κ1) is 10.6. The number of nitrogens with one attached hydrogen (secondary N) is 1. The lowest BCUT2D eigenvalue weighted by Crippen LogP contribution is -2.25. The monoisotopic (exact) mass is 221 g/mol. The zero-order valence-electron chi connectivity index (χ0n) is 9.41. The second kappa shape index (κ2) is 3.92. The number of amides is 1. The highest BCUT2D eigenvalue weighted by atomic mass is 16.7. The average molecular weight is 221 g/mol. The van der Waals surface area contributed by atoms with Crippen LogP contribution in [0.4, 0.5) is 0 Å². The van der Waals surface area contributed by atoms with Gasteiger partial charge in [-0.15, -0.1) is 0 Å². The third-order valence-corrected chi connectivity index (χ3v) is 2.65. The summed E-state index contributed by atoms with van der Waals surface area (Å²) in [6.07, 6.45) is 3.78. The molecule has 0 saturated carbocycles. The van der Waals surface area contributed by atoms with Crippen LogP contribution in [0.5, 0.6) is 0 Å². The molecule has 5 heteroatoms. The standard InChI is InChI=1S/C11H15N3O2/c1-3-16-14-9-6-13-5-4-8(9)7(2)10(14)11(12)15/h4-5,13H,3,6H2,1-2H3,(H2,12,15). The predicted molar refractivity (Wildman–Crippen MR) is 60.7 cm³/mol. The molecule has 3 N–H and O–H groups in total. The molecule has 1 aliphatic rings. The first-order valence-electron chi connectivity index (χ1n) is 5.24. The fourth-order valence-corrected chi connectivity index (χ4v) is 1.98. The lowest BCUT2D eigenvalue weighted by molar-refractivity contribution is 0.0862. The molecule has 86 valence electrons. The van der Waals surface area contributed by atoms with Crippen molar-refractivity contribution in [2.45, 2.75) is 20.4 Å². The number of nitrogens with zero attached hydrogens (tertiary/aromatic N) is 1. The SMILES string of the molecule is CCOn1c2c(c(C)c1C(N)=O)C=CNC2. The van der Waals surface area contributed by atoms with Crippen LogP contribution in [0.25, 0.3) is 6.08 Å². The first-order valence-corrected chi connectivity index (χ1v) is 5.24. The molecule has 1 aromatic heterocycles. The molecule has 1 aliphatic heterocycles. The maximum absolute atomic E-state index is 11.4. The van der Waals surface area contributed by atoms with Crippen molar-refractivity contribution >= 4 is 12.0 Å². The van der Waals surface area contributed by atoms with E-state index < -0.39 is 5.91 Å². The number of rotatable bonds is 3. The zero-order valence-corrected chi connectivity index (χ0v) is 9.41. The van der Waals surface area contributed by atoms with Gasteiger partial charge in [0.05, 0.1) is 12.2 Å². The van der Waals surface area contributed by atoms with E-state index in [4.69, 9.17) is 10.6 Å². The normalized spacial score (nSPS) is 13.1. The van der Waals surface area contributed by atoms with E-state index in [1.807, 2.05) is 26.1 Å². The number of primary amides is 1. The summed E-state index contributed by atoms with van der Waals surface area (Å²) in [5, 5.41) is 3.09. The molecule has 2 heterocycles. The fourth-order valence-electron chi connectivity index (χ4n) is 1.98. The van der Waals surface area contributed by atoms with E-state index in [1.165, 1.54) is 0 Å². The maximum Gasteiger partial charge on any atom is 0.269 e. The van der Waals surface area contributed by atoms with Crippen LogP contribution in [-0.4, -0.2) is 17.2 Å². The largest absolute Gasteiger partial charge is 0.414 e. The van der Waals surface area contributed by atoms with Gasteiger partial charge in [-0.25, -0.2) is 0 Å². The lowest BCUT2D eigenvalue weighted by atomic mass is 10.1. The Morgan fingerprint density at radius 2 is 2.44 bits per heavy atom. The Morgan fingerprint density at radius 3 is 3.06 bits per heavy atom. The van der Waals surface area contributed by atoms with E-state index in [1.54, 1.807) is 4.73 Å². The van der Waals surface area contributed by atoms with E-state index in [-0.39, 0.29) is 0 Å². The fraction of sp³-hybridized carbons (Fsp3) is 0.364. The summed E-state index contributed by atoms with van der Waals surface area (Å²) in [4.78, 5) is 16.9. The van der Waals surface area contributed by atoms with Gasteiger partial charge in [0.1, 0.15) is 12.3 Å². The first-order chi connectivity index (χ1) is 7.66. The molecule has 5 nitrogen and oxygen atoms in total. The van der Waals surface area contributed by atoms with Gasteiger partial charge < -0.3 is 15.9 Å².